The van der Waals surface area contributed by atoms with Gasteiger partial charge in [0.2, 0.25) is 0 Å². The summed E-state index contributed by atoms with van der Waals surface area (Å²) in [4.78, 5) is 0. The van der Waals surface area contributed by atoms with Crippen molar-refractivity contribution in [1.82, 2.24) is 0 Å². The maximum Gasteiger partial charge on any atom is 0.142 e. The second-order valence-electron chi connectivity index (χ2n) is 8.99. The number of rotatable bonds is 2. The van der Waals surface area contributed by atoms with E-state index in [0.717, 1.165) is 55.7 Å². The summed E-state index contributed by atoms with van der Waals surface area (Å²) >= 11 is 0. The van der Waals surface area contributed by atoms with Gasteiger partial charge in [-0.2, -0.15) is 0 Å². The van der Waals surface area contributed by atoms with E-state index >= 15 is 0 Å². The van der Waals surface area contributed by atoms with Crippen LogP contribution in [0.15, 0.2) is 97.1 Å². The molecule has 2 nitrogen and oxygen atoms in total. The molecular formula is C30H24O2. The highest BCUT2D eigenvalue weighted by atomic mass is 16.3. The van der Waals surface area contributed by atoms with Crippen LogP contribution in [0.3, 0.4) is 0 Å². The quantitative estimate of drug-likeness (QED) is 0.439. The molecule has 0 spiro atoms. The first-order valence-electron chi connectivity index (χ1n) is 11.0. The molecule has 0 aromatic heterocycles. The van der Waals surface area contributed by atoms with Crippen molar-refractivity contribution >= 4 is 11.1 Å². The zero-order valence-corrected chi connectivity index (χ0v) is 18.1. The lowest BCUT2D eigenvalue weighted by Crippen LogP contribution is -2.28. The van der Waals surface area contributed by atoms with Crippen LogP contribution < -0.4 is 0 Å². The van der Waals surface area contributed by atoms with E-state index < -0.39 is 11.2 Å². The predicted octanol–water partition coefficient (Wildman–Crippen LogP) is 5.71. The molecule has 4 aromatic rings. The van der Waals surface area contributed by atoms with Gasteiger partial charge in [-0.25, -0.2) is 0 Å². The van der Waals surface area contributed by atoms with Crippen molar-refractivity contribution in [1.29, 1.82) is 0 Å². The van der Waals surface area contributed by atoms with Gasteiger partial charge in [0.15, 0.2) is 0 Å². The molecule has 0 saturated carbocycles. The molecule has 2 N–H and O–H groups in total. The maximum absolute atomic E-state index is 12.5. The van der Waals surface area contributed by atoms with E-state index in [1.54, 1.807) is 0 Å². The molecule has 0 saturated heterocycles. The Morgan fingerprint density at radius 2 is 0.812 bits per heavy atom. The molecule has 2 aliphatic rings. The monoisotopic (exact) mass is 416 g/mol. The fraction of sp³-hybridized carbons (Fsp3) is 0.133. The summed E-state index contributed by atoms with van der Waals surface area (Å²) in [6.45, 7) is 4.09. The van der Waals surface area contributed by atoms with E-state index in [-0.39, 0.29) is 0 Å². The van der Waals surface area contributed by atoms with E-state index in [0.29, 0.717) is 0 Å². The Balaban J connectivity index is 1.74. The minimum absolute atomic E-state index is 0.779. The van der Waals surface area contributed by atoms with Gasteiger partial charge in [0.1, 0.15) is 11.2 Å². The van der Waals surface area contributed by atoms with Crippen molar-refractivity contribution in [2.75, 3.05) is 0 Å². The molecule has 0 radical (unpaired) electrons. The van der Waals surface area contributed by atoms with Gasteiger partial charge in [-0.05, 0) is 36.1 Å². The van der Waals surface area contributed by atoms with Crippen molar-refractivity contribution in [2.24, 2.45) is 0 Å². The van der Waals surface area contributed by atoms with Crippen LogP contribution in [0, 0.1) is 13.8 Å². The molecule has 0 heterocycles. The second-order valence-corrected chi connectivity index (χ2v) is 8.99. The first-order valence-corrected chi connectivity index (χ1v) is 11.0. The molecule has 2 aliphatic carbocycles. The zero-order chi connectivity index (χ0) is 22.1. The van der Waals surface area contributed by atoms with Gasteiger partial charge in [-0.3, -0.25) is 0 Å². The average molecular weight is 417 g/mol. The lowest BCUT2D eigenvalue weighted by molar-refractivity contribution is 0.147. The summed E-state index contributed by atoms with van der Waals surface area (Å²) < 4.78 is 0. The highest BCUT2D eigenvalue weighted by Crippen LogP contribution is 2.64. The SMILES string of the molecule is Cc1ccc([C@]2(O)C3=C(c4ccccc42)[C@](O)(c2ccc(C)cc2)c2ccccc23)cc1. The summed E-state index contributed by atoms with van der Waals surface area (Å²) in [6.07, 6.45) is 0. The molecule has 0 unspecified atom stereocenters. The van der Waals surface area contributed by atoms with Gasteiger partial charge in [0, 0.05) is 22.3 Å². The highest BCUT2D eigenvalue weighted by Gasteiger charge is 2.57. The van der Waals surface area contributed by atoms with Crippen LogP contribution in [0.2, 0.25) is 0 Å². The molecule has 0 amide bonds. The van der Waals surface area contributed by atoms with Crippen LogP contribution in [0.1, 0.15) is 44.5 Å². The summed E-state index contributed by atoms with van der Waals surface area (Å²) in [7, 11) is 0. The summed E-state index contributed by atoms with van der Waals surface area (Å²) in [5.41, 5.74) is 6.18. The number of aliphatic hydroxyl groups is 2. The maximum atomic E-state index is 12.5. The topological polar surface area (TPSA) is 40.5 Å². The Kier molecular flexibility index (Phi) is 3.92. The van der Waals surface area contributed by atoms with E-state index in [9.17, 15) is 10.2 Å². The predicted molar refractivity (Wildman–Crippen MR) is 128 cm³/mol. The summed E-state index contributed by atoms with van der Waals surface area (Å²) in [6, 6.07) is 31.9. The number of hydrogen-bond acceptors (Lipinski definition) is 2. The van der Waals surface area contributed by atoms with Crippen molar-refractivity contribution in [2.45, 2.75) is 25.0 Å². The smallest absolute Gasteiger partial charge is 0.142 e. The van der Waals surface area contributed by atoms with Gasteiger partial charge in [0.05, 0.1) is 0 Å². The minimum atomic E-state index is -1.34. The molecule has 0 fully saturated rings. The molecule has 2 atom stereocenters. The molecule has 156 valence electrons. The van der Waals surface area contributed by atoms with E-state index in [1.165, 1.54) is 0 Å². The molecule has 32 heavy (non-hydrogen) atoms. The van der Waals surface area contributed by atoms with Crippen molar-refractivity contribution in [3.05, 3.63) is 142 Å². The average Bonchev–Trinajstić information content (AvgIpc) is 3.25. The second kappa shape index (κ2) is 6.52. The Morgan fingerprint density at radius 3 is 1.19 bits per heavy atom. The number of aryl methyl sites for hydroxylation is 2. The van der Waals surface area contributed by atoms with Gasteiger partial charge in [-0.15, -0.1) is 0 Å². The van der Waals surface area contributed by atoms with Crippen LogP contribution in [0.4, 0.5) is 0 Å². The fourth-order valence-electron chi connectivity index (χ4n) is 5.51. The molecule has 0 aliphatic heterocycles. The van der Waals surface area contributed by atoms with Crippen LogP contribution in [0.25, 0.3) is 11.1 Å². The number of hydrogen-bond donors (Lipinski definition) is 2. The van der Waals surface area contributed by atoms with Crippen molar-refractivity contribution in [3.8, 4) is 0 Å². The first kappa shape index (κ1) is 19.2. The van der Waals surface area contributed by atoms with Crippen LogP contribution in [-0.4, -0.2) is 10.2 Å². The molecule has 4 aromatic carbocycles. The summed E-state index contributed by atoms with van der Waals surface area (Å²) in [5.74, 6) is 0. The van der Waals surface area contributed by atoms with Crippen LogP contribution in [-0.2, 0) is 11.2 Å². The molecular weight excluding hydrogens is 392 g/mol. The van der Waals surface area contributed by atoms with E-state index in [4.69, 9.17) is 0 Å². The highest BCUT2D eigenvalue weighted by molar-refractivity contribution is 6.11. The number of fused-ring (bicyclic) bond motifs is 4. The Morgan fingerprint density at radius 1 is 0.469 bits per heavy atom. The van der Waals surface area contributed by atoms with Crippen molar-refractivity contribution in [3.63, 3.8) is 0 Å². The van der Waals surface area contributed by atoms with E-state index in [2.05, 4.69) is 0 Å². The third kappa shape index (κ3) is 2.31. The first-order chi connectivity index (χ1) is 15.5. The normalized spacial score (nSPS) is 23.1. The molecule has 6 rings (SSSR count). The third-order valence-electron chi connectivity index (χ3n) is 7.08. The fourth-order valence-corrected chi connectivity index (χ4v) is 5.51. The van der Waals surface area contributed by atoms with Gasteiger partial charge in [0.25, 0.3) is 0 Å². The molecule has 0 bridgehead atoms. The van der Waals surface area contributed by atoms with Gasteiger partial charge >= 0.3 is 0 Å². The Bertz CT molecular complexity index is 1290. The molecule has 2 heteroatoms. The lowest BCUT2D eigenvalue weighted by atomic mass is 9.78. The van der Waals surface area contributed by atoms with Crippen LogP contribution >= 0.6 is 0 Å². The number of benzene rings is 4. The Hall–Kier alpha value is -3.46. The van der Waals surface area contributed by atoms with Gasteiger partial charge in [-0.1, -0.05) is 108 Å². The van der Waals surface area contributed by atoms with E-state index in [1.807, 2.05) is 111 Å². The Labute approximate surface area is 188 Å². The lowest BCUT2D eigenvalue weighted by Gasteiger charge is -2.31. The summed E-state index contributed by atoms with van der Waals surface area (Å²) in [5, 5.41) is 25.0. The van der Waals surface area contributed by atoms with Crippen molar-refractivity contribution < 1.29 is 10.2 Å². The zero-order valence-electron chi connectivity index (χ0n) is 18.1. The van der Waals surface area contributed by atoms with Crippen LogP contribution in [0.5, 0.6) is 0 Å². The standard InChI is InChI=1S/C30H24O2/c1-19-11-15-21(16-12-19)29(31)25-9-5-3-7-23(25)28-27(29)24-8-4-6-10-26(24)30(28,32)22-17-13-20(2)14-18-22/h3-18,31-32H,1-2H3/t29-,30+. The minimum Gasteiger partial charge on any atom is -0.376 e. The largest absolute Gasteiger partial charge is 0.376 e. The van der Waals surface area contributed by atoms with Gasteiger partial charge < -0.3 is 10.2 Å². The third-order valence-corrected chi connectivity index (χ3v) is 7.08.